The van der Waals surface area contributed by atoms with Gasteiger partial charge in [-0.15, -0.1) is 0 Å². The summed E-state index contributed by atoms with van der Waals surface area (Å²) in [5.74, 6) is 0. The SMILES string of the molecule is C[SiH]N(C)C. The molecule has 1 radical (unpaired) electrons. The van der Waals surface area contributed by atoms with E-state index >= 15 is 0 Å². The molecule has 0 N–H and O–H groups in total. The zero-order chi connectivity index (χ0) is 4.28. The first kappa shape index (κ1) is 5.18. The number of rotatable bonds is 1. The minimum atomic E-state index is 0.565. The van der Waals surface area contributed by atoms with E-state index in [0.717, 1.165) is 0 Å². The van der Waals surface area contributed by atoms with Gasteiger partial charge in [0.1, 0.15) is 9.68 Å². The summed E-state index contributed by atoms with van der Waals surface area (Å²) in [5.41, 5.74) is 0. The first-order valence-electron chi connectivity index (χ1n) is 1.73. The van der Waals surface area contributed by atoms with E-state index in [4.69, 9.17) is 0 Å². The molecule has 0 aromatic carbocycles. The van der Waals surface area contributed by atoms with Crippen LogP contribution in [0.25, 0.3) is 0 Å². The van der Waals surface area contributed by atoms with E-state index in [1.807, 2.05) is 0 Å². The van der Waals surface area contributed by atoms with Gasteiger partial charge >= 0.3 is 0 Å². The first-order valence-corrected chi connectivity index (χ1v) is 3.40. The Morgan fingerprint density at radius 1 is 1.40 bits per heavy atom. The Hall–Kier alpha value is 0.177. The molecule has 0 saturated carbocycles. The van der Waals surface area contributed by atoms with E-state index in [2.05, 4.69) is 25.2 Å². The second kappa shape index (κ2) is 2.42. The molecule has 0 atom stereocenters. The first-order chi connectivity index (χ1) is 2.27. The maximum absolute atomic E-state index is 2.21. The molecule has 0 rings (SSSR count). The van der Waals surface area contributed by atoms with Crippen molar-refractivity contribution in [2.75, 3.05) is 14.1 Å². The van der Waals surface area contributed by atoms with Crippen LogP contribution in [0.2, 0.25) is 6.55 Å². The highest BCUT2D eigenvalue weighted by molar-refractivity contribution is 6.29. The van der Waals surface area contributed by atoms with Crippen molar-refractivity contribution in [2.45, 2.75) is 6.55 Å². The normalized spacial score (nSPS) is 9.60. The molecule has 0 aliphatic heterocycles. The van der Waals surface area contributed by atoms with Crippen LogP contribution >= 0.6 is 0 Å². The van der Waals surface area contributed by atoms with Crippen LogP contribution in [0.15, 0.2) is 0 Å². The van der Waals surface area contributed by atoms with Gasteiger partial charge < -0.3 is 4.57 Å². The van der Waals surface area contributed by atoms with Crippen molar-refractivity contribution >= 4 is 9.68 Å². The van der Waals surface area contributed by atoms with Crippen LogP contribution in [-0.4, -0.2) is 28.3 Å². The van der Waals surface area contributed by atoms with Gasteiger partial charge in [0.15, 0.2) is 0 Å². The Bertz CT molecular complexity index is 20.9. The third kappa shape index (κ3) is 4.18. The Morgan fingerprint density at radius 2 is 1.60 bits per heavy atom. The van der Waals surface area contributed by atoms with Crippen molar-refractivity contribution in [3.05, 3.63) is 0 Å². The molecule has 2 heteroatoms. The smallest absolute Gasteiger partial charge is 0.112 e. The van der Waals surface area contributed by atoms with Gasteiger partial charge in [0, 0.05) is 0 Å². The fourth-order valence-corrected chi connectivity index (χ4v) is 0. The quantitative estimate of drug-likeness (QED) is 0.406. The van der Waals surface area contributed by atoms with Crippen LogP contribution < -0.4 is 0 Å². The number of hydrogen-bond acceptors (Lipinski definition) is 1. The van der Waals surface area contributed by atoms with Crippen molar-refractivity contribution in [1.82, 2.24) is 4.57 Å². The van der Waals surface area contributed by atoms with Crippen LogP contribution in [0.1, 0.15) is 0 Å². The number of hydrogen-bond donors (Lipinski definition) is 0. The van der Waals surface area contributed by atoms with Gasteiger partial charge in [-0.3, -0.25) is 0 Å². The molecule has 0 aromatic heterocycles. The lowest BCUT2D eigenvalue weighted by Gasteiger charge is -1.98. The summed E-state index contributed by atoms with van der Waals surface area (Å²) in [6.45, 7) is 2.21. The van der Waals surface area contributed by atoms with Crippen molar-refractivity contribution in [3.63, 3.8) is 0 Å². The average molecular weight is 88.2 g/mol. The largest absolute Gasteiger partial charge is 0.333 e. The summed E-state index contributed by atoms with van der Waals surface area (Å²) >= 11 is 0. The summed E-state index contributed by atoms with van der Waals surface area (Å²) in [6.07, 6.45) is 0. The van der Waals surface area contributed by atoms with Crippen LogP contribution in [0.4, 0.5) is 0 Å². The molecule has 0 bridgehead atoms. The van der Waals surface area contributed by atoms with E-state index < -0.39 is 0 Å². The maximum Gasteiger partial charge on any atom is 0.112 e. The highest BCUT2D eigenvalue weighted by Crippen LogP contribution is 1.60. The zero-order valence-corrected chi connectivity index (χ0v) is 5.18. The third-order valence-corrected chi connectivity index (χ3v) is 1.55. The lowest BCUT2D eigenvalue weighted by molar-refractivity contribution is 0.665. The zero-order valence-electron chi connectivity index (χ0n) is 4.02. The lowest BCUT2D eigenvalue weighted by Crippen LogP contribution is -2.12. The summed E-state index contributed by atoms with van der Waals surface area (Å²) in [4.78, 5) is 0. The molecule has 0 aromatic rings. The minimum Gasteiger partial charge on any atom is -0.333 e. The van der Waals surface area contributed by atoms with Crippen molar-refractivity contribution < 1.29 is 0 Å². The van der Waals surface area contributed by atoms with E-state index in [1.165, 1.54) is 0 Å². The van der Waals surface area contributed by atoms with Gasteiger partial charge in [0.25, 0.3) is 0 Å². The topological polar surface area (TPSA) is 3.24 Å². The maximum atomic E-state index is 2.21. The van der Waals surface area contributed by atoms with Gasteiger partial charge in [0.2, 0.25) is 0 Å². The second-order valence-corrected chi connectivity index (χ2v) is 2.77. The molecule has 0 saturated heterocycles. The predicted molar refractivity (Wildman–Crippen MR) is 26.7 cm³/mol. The summed E-state index contributed by atoms with van der Waals surface area (Å²) < 4.78 is 2.21. The Balaban J connectivity index is 2.54. The van der Waals surface area contributed by atoms with Gasteiger partial charge in [-0.25, -0.2) is 0 Å². The Labute approximate surface area is 35.9 Å². The van der Waals surface area contributed by atoms with Crippen molar-refractivity contribution in [1.29, 1.82) is 0 Å². The molecular formula is C3H10NSi. The standard InChI is InChI=1S/C3H10NSi/c1-4(2)5-3/h5H,1-3H3. The molecule has 0 aliphatic carbocycles. The fraction of sp³-hybridized carbons (Fsp3) is 1.00. The minimum absolute atomic E-state index is 0.565. The van der Waals surface area contributed by atoms with E-state index in [9.17, 15) is 0 Å². The molecule has 0 fully saturated rings. The third-order valence-electron chi connectivity index (χ3n) is 0.516. The van der Waals surface area contributed by atoms with Crippen molar-refractivity contribution in [3.8, 4) is 0 Å². The fourth-order valence-electron chi connectivity index (χ4n) is 0. The van der Waals surface area contributed by atoms with Crippen LogP contribution in [0, 0.1) is 0 Å². The lowest BCUT2D eigenvalue weighted by atomic mass is 11.3. The summed E-state index contributed by atoms with van der Waals surface area (Å²) in [7, 11) is 4.75. The molecule has 5 heavy (non-hydrogen) atoms. The Kier molecular flexibility index (Phi) is 2.50. The molecule has 0 unspecified atom stereocenters. The van der Waals surface area contributed by atoms with Crippen molar-refractivity contribution in [2.24, 2.45) is 0 Å². The summed E-state index contributed by atoms with van der Waals surface area (Å²) in [6, 6.07) is 0. The Morgan fingerprint density at radius 3 is 1.60 bits per heavy atom. The highest BCUT2D eigenvalue weighted by atomic mass is 28.2. The highest BCUT2D eigenvalue weighted by Gasteiger charge is 1.74. The van der Waals surface area contributed by atoms with Crippen LogP contribution in [0.5, 0.6) is 0 Å². The van der Waals surface area contributed by atoms with Crippen LogP contribution in [0.3, 0.4) is 0 Å². The summed E-state index contributed by atoms with van der Waals surface area (Å²) in [5, 5.41) is 0. The molecule has 31 valence electrons. The van der Waals surface area contributed by atoms with Gasteiger partial charge in [-0.05, 0) is 14.1 Å². The van der Waals surface area contributed by atoms with Gasteiger partial charge in [-0.2, -0.15) is 0 Å². The van der Waals surface area contributed by atoms with Gasteiger partial charge in [0.05, 0.1) is 0 Å². The molecule has 0 heterocycles. The van der Waals surface area contributed by atoms with Gasteiger partial charge in [-0.1, -0.05) is 6.55 Å². The monoisotopic (exact) mass is 88.1 g/mol. The second-order valence-electron chi connectivity index (χ2n) is 1.22. The molecule has 1 nitrogen and oxygen atoms in total. The van der Waals surface area contributed by atoms with E-state index in [0.29, 0.717) is 9.68 Å². The predicted octanol–water partition coefficient (Wildman–Crippen LogP) is -0.0524. The van der Waals surface area contributed by atoms with E-state index in [1.54, 1.807) is 0 Å². The molecule has 0 aliphatic rings. The average Bonchev–Trinajstić information content (AvgIpc) is 1.38. The number of nitrogens with zero attached hydrogens (tertiary/aromatic N) is 1. The molecular weight excluding hydrogens is 78.1 g/mol. The van der Waals surface area contributed by atoms with E-state index in [-0.39, 0.29) is 0 Å². The molecule has 0 spiro atoms. The molecule has 0 amide bonds. The van der Waals surface area contributed by atoms with Crippen LogP contribution in [-0.2, 0) is 0 Å².